The number of rotatable bonds is 6. The zero-order valence-electron chi connectivity index (χ0n) is 17.8. The Balaban J connectivity index is 1.65. The molecule has 0 spiro atoms. The molecule has 0 bridgehead atoms. The van der Waals surface area contributed by atoms with Crippen LogP contribution in [0.2, 0.25) is 0 Å². The van der Waals surface area contributed by atoms with E-state index in [9.17, 15) is 9.59 Å². The van der Waals surface area contributed by atoms with E-state index < -0.39 is 0 Å². The summed E-state index contributed by atoms with van der Waals surface area (Å²) in [6.45, 7) is 4.60. The molecule has 0 radical (unpaired) electrons. The van der Waals surface area contributed by atoms with Crippen molar-refractivity contribution in [2.75, 3.05) is 16.3 Å². The molecule has 160 valence electrons. The number of pyridine rings is 1. The maximum Gasteiger partial charge on any atom is 0.230 e. The van der Waals surface area contributed by atoms with E-state index in [4.69, 9.17) is 5.41 Å². The zero-order valence-corrected chi connectivity index (χ0v) is 17.8. The summed E-state index contributed by atoms with van der Waals surface area (Å²) in [4.78, 5) is 33.0. The van der Waals surface area contributed by atoms with Crippen LogP contribution in [-0.2, 0) is 16.1 Å². The molecule has 7 nitrogen and oxygen atoms in total. The summed E-state index contributed by atoms with van der Waals surface area (Å²) in [5, 5.41) is 11.1. The average Bonchev–Trinajstić information content (AvgIpc) is 3.61. The maximum absolute atomic E-state index is 13.0. The Morgan fingerprint density at radius 3 is 2.71 bits per heavy atom. The number of nitrogens with zero attached hydrogens (tertiary/aromatic N) is 3. The first-order chi connectivity index (χ1) is 15.0. The van der Waals surface area contributed by atoms with Gasteiger partial charge in [-0.2, -0.15) is 0 Å². The second-order valence-corrected chi connectivity index (χ2v) is 8.15. The number of aromatic nitrogens is 1. The van der Waals surface area contributed by atoms with Crippen LogP contribution in [0.25, 0.3) is 5.57 Å². The Morgan fingerprint density at radius 2 is 2.06 bits per heavy atom. The molecule has 2 aromatic rings. The summed E-state index contributed by atoms with van der Waals surface area (Å²) in [5.74, 6) is 0.177. The molecule has 1 fully saturated rings. The van der Waals surface area contributed by atoms with E-state index in [1.165, 1.54) is 6.21 Å². The fourth-order valence-electron chi connectivity index (χ4n) is 4.03. The quantitative estimate of drug-likeness (QED) is 0.706. The van der Waals surface area contributed by atoms with Crippen LogP contribution in [-0.4, -0.2) is 35.6 Å². The van der Waals surface area contributed by atoms with E-state index in [-0.39, 0.29) is 23.8 Å². The average molecular weight is 418 g/mol. The number of amides is 2. The van der Waals surface area contributed by atoms with Gasteiger partial charge < -0.3 is 20.5 Å². The van der Waals surface area contributed by atoms with Crippen LogP contribution < -0.4 is 15.1 Å². The monoisotopic (exact) mass is 417 g/mol. The second kappa shape index (κ2) is 8.71. The van der Waals surface area contributed by atoms with Gasteiger partial charge in [-0.3, -0.25) is 14.6 Å². The Labute approximate surface area is 182 Å². The molecule has 4 rings (SSSR count). The highest BCUT2D eigenvalue weighted by Crippen LogP contribution is 2.41. The van der Waals surface area contributed by atoms with Crippen molar-refractivity contribution in [3.05, 3.63) is 60.1 Å². The first kappa shape index (κ1) is 20.8. The van der Waals surface area contributed by atoms with Crippen LogP contribution in [0, 0.1) is 11.3 Å². The lowest BCUT2D eigenvalue weighted by molar-refractivity contribution is -0.120. The van der Waals surface area contributed by atoms with Gasteiger partial charge in [0.05, 0.1) is 17.4 Å². The molecule has 2 amide bonds. The third kappa shape index (κ3) is 4.35. The minimum atomic E-state index is -0.0857. The third-order valence-electron chi connectivity index (χ3n) is 5.72. The lowest BCUT2D eigenvalue weighted by atomic mass is 10.0. The second-order valence-electron chi connectivity index (χ2n) is 8.15. The van der Waals surface area contributed by atoms with Crippen molar-refractivity contribution in [1.82, 2.24) is 10.3 Å². The molecule has 31 heavy (non-hydrogen) atoms. The SMILES string of the molecule is CC(=O)N1c2ccc(/C(C=N)=C/NCc3cccnc3)cc2N(C(=O)C2CC2)CC1C. The van der Waals surface area contributed by atoms with E-state index in [0.717, 1.165) is 35.3 Å². The van der Waals surface area contributed by atoms with Crippen LogP contribution in [0.15, 0.2) is 48.9 Å². The van der Waals surface area contributed by atoms with E-state index in [1.807, 2.05) is 42.2 Å². The molecule has 1 aliphatic carbocycles. The number of benzene rings is 1. The first-order valence-corrected chi connectivity index (χ1v) is 10.6. The Morgan fingerprint density at radius 1 is 1.26 bits per heavy atom. The van der Waals surface area contributed by atoms with Gasteiger partial charge in [-0.15, -0.1) is 0 Å². The summed E-state index contributed by atoms with van der Waals surface area (Å²) in [6, 6.07) is 9.48. The Bertz CT molecular complexity index is 1030. The minimum Gasteiger partial charge on any atom is -0.386 e. The molecule has 1 aromatic heterocycles. The summed E-state index contributed by atoms with van der Waals surface area (Å²) in [5.41, 5.74) is 4.04. The lowest BCUT2D eigenvalue weighted by Gasteiger charge is -2.41. The Hall–Kier alpha value is -3.48. The van der Waals surface area contributed by atoms with Crippen molar-refractivity contribution >= 4 is 35.0 Å². The van der Waals surface area contributed by atoms with Gasteiger partial charge in [-0.05, 0) is 49.1 Å². The van der Waals surface area contributed by atoms with Crippen LogP contribution in [0.4, 0.5) is 11.4 Å². The van der Waals surface area contributed by atoms with E-state index >= 15 is 0 Å². The van der Waals surface area contributed by atoms with Crippen molar-refractivity contribution < 1.29 is 9.59 Å². The molecular formula is C24H27N5O2. The van der Waals surface area contributed by atoms with E-state index in [1.54, 1.807) is 30.4 Å². The summed E-state index contributed by atoms with van der Waals surface area (Å²) in [7, 11) is 0. The van der Waals surface area contributed by atoms with Gasteiger partial charge >= 0.3 is 0 Å². The first-order valence-electron chi connectivity index (χ1n) is 10.6. The van der Waals surface area contributed by atoms with Crippen molar-refractivity contribution in [3.8, 4) is 0 Å². The smallest absolute Gasteiger partial charge is 0.230 e. The largest absolute Gasteiger partial charge is 0.386 e. The highest BCUT2D eigenvalue weighted by molar-refractivity contribution is 6.10. The van der Waals surface area contributed by atoms with Crippen molar-refractivity contribution in [1.29, 1.82) is 5.41 Å². The maximum atomic E-state index is 13.0. The fraction of sp³-hybridized carbons (Fsp3) is 0.333. The van der Waals surface area contributed by atoms with Gasteiger partial charge in [-0.1, -0.05) is 12.1 Å². The molecule has 7 heteroatoms. The normalized spacial score (nSPS) is 18.4. The summed E-state index contributed by atoms with van der Waals surface area (Å²) in [6.07, 6.45) is 8.47. The molecule has 0 saturated heterocycles. The number of anilines is 2. The number of carbonyl (C=O) groups is 2. The lowest BCUT2D eigenvalue weighted by Crippen LogP contribution is -2.51. The number of carbonyl (C=O) groups excluding carboxylic acids is 2. The molecule has 1 saturated carbocycles. The van der Waals surface area contributed by atoms with Gasteiger partial charge in [0.15, 0.2) is 0 Å². The minimum absolute atomic E-state index is 0.0408. The Kier molecular flexibility index (Phi) is 5.84. The molecule has 1 aliphatic heterocycles. The van der Waals surface area contributed by atoms with Crippen molar-refractivity contribution in [2.45, 2.75) is 39.3 Å². The van der Waals surface area contributed by atoms with Crippen LogP contribution in [0.1, 0.15) is 37.8 Å². The molecule has 1 atom stereocenters. The van der Waals surface area contributed by atoms with Crippen molar-refractivity contribution in [3.63, 3.8) is 0 Å². The predicted molar refractivity (Wildman–Crippen MR) is 122 cm³/mol. The number of allylic oxidation sites excluding steroid dienone is 1. The van der Waals surface area contributed by atoms with Gasteiger partial charge in [-0.25, -0.2) is 0 Å². The molecule has 1 aromatic carbocycles. The molecule has 2 N–H and O–H groups in total. The third-order valence-corrected chi connectivity index (χ3v) is 5.72. The summed E-state index contributed by atoms with van der Waals surface area (Å²) < 4.78 is 0. The highest BCUT2D eigenvalue weighted by Gasteiger charge is 2.39. The number of nitrogens with one attached hydrogen (secondary N) is 2. The van der Waals surface area contributed by atoms with Crippen LogP contribution >= 0.6 is 0 Å². The van der Waals surface area contributed by atoms with E-state index in [2.05, 4.69) is 10.3 Å². The number of fused-ring (bicyclic) bond motifs is 1. The van der Waals surface area contributed by atoms with Gasteiger partial charge in [0.25, 0.3) is 0 Å². The molecular weight excluding hydrogens is 390 g/mol. The molecule has 2 aliphatic rings. The topological polar surface area (TPSA) is 89.4 Å². The van der Waals surface area contributed by atoms with E-state index in [0.29, 0.717) is 18.7 Å². The predicted octanol–water partition coefficient (Wildman–Crippen LogP) is 3.36. The fourth-order valence-corrected chi connectivity index (χ4v) is 4.03. The van der Waals surface area contributed by atoms with Crippen molar-refractivity contribution in [2.24, 2.45) is 5.92 Å². The number of hydrogen-bond acceptors (Lipinski definition) is 5. The zero-order chi connectivity index (χ0) is 22.0. The van der Waals surface area contributed by atoms with Gasteiger partial charge in [0.2, 0.25) is 11.8 Å². The molecule has 1 unspecified atom stereocenters. The summed E-state index contributed by atoms with van der Waals surface area (Å²) >= 11 is 0. The number of hydrogen-bond donors (Lipinski definition) is 2. The standard InChI is InChI=1S/C24H27N5O2/c1-16-15-28(24(31)19-5-6-19)23-10-20(7-8-22(23)29(16)17(2)30)21(11-25)14-27-13-18-4-3-9-26-12-18/h3-4,7-12,14,16,19,25,27H,5-6,13,15H2,1-2H3/b21-14+,25-11?. The van der Waals surface area contributed by atoms with Crippen LogP contribution in [0.3, 0.4) is 0 Å². The highest BCUT2D eigenvalue weighted by atomic mass is 16.2. The van der Waals surface area contributed by atoms with Gasteiger partial charge in [0.1, 0.15) is 0 Å². The molecule has 2 heterocycles. The van der Waals surface area contributed by atoms with Crippen LogP contribution in [0.5, 0.6) is 0 Å². The van der Waals surface area contributed by atoms with Gasteiger partial charge in [0, 0.05) is 56.3 Å².